The molecule has 1 aliphatic carbocycles. The van der Waals surface area contributed by atoms with Gasteiger partial charge in [0, 0.05) is 43.7 Å². The number of esters is 1. The van der Waals surface area contributed by atoms with E-state index >= 15 is 0 Å². The lowest BCUT2D eigenvalue weighted by Gasteiger charge is -2.35. The van der Waals surface area contributed by atoms with Gasteiger partial charge in [-0.15, -0.1) is 22.7 Å². The van der Waals surface area contributed by atoms with Crippen molar-refractivity contribution in [1.29, 1.82) is 0 Å². The summed E-state index contributed by atoms with van der Waals surface area (Å²) in [7, 11) is 2.03. The van der Waals surface area contributed by atoms with Crippen molar-refractivity contribution in [2.24, 2.45) is 0 Å². The van der Waals surface area contributed by atoms with Gasteiger partial charge in [-0.05, 0) is 91.0 Å². The summed E-state index contributed by atoms with van der Waals surface area (Å²) in [6, 6.07) is 20.8. The zero-order valence-electron chi connectivity index (χ0n) is 29.3. The van der Waals surface area contributed by atoms with Crippen LogP contribution in [0.5, 0.6) is 11.5 Å². The predicted molar refractivity (Wildman–Crippen MR) is 204 cm³/mol. The molecule has 6 N–H and O–H groups in total. The number of H-pyrrole nitrogens is 1. The van der Waals surface area contributed by atoms with E-state index in [4.69, 9.17) is 9.47 Å². The van der Waals surface area contributed by atoms with Crippen LogP contribution >= 0.6 is 22.7 Å². The van der Waals surface area contributed by atoms with E-state index in [0.717, 1.165) is 18.4 Å². The molecule has 1 aliphatic rings. The van der Waals surface area contributed by atoms with E-state index < -0.39 is 17.7 Å². The Bertz CT molecular complexity index is 1980. The Morgan fingerprint density at radius 2 is 1.68 bits per heavy atom. The third-order valence-corrected chi connectivity index (χ3v) is 11.6. The summed E-state index contributed by atoms with van der Waals surface area (Å²) >= 11 is 2.66. The molecular weight excluding hydrogens is 717 g/mol. The number of aromatic amines is 1. The molecule has 0 saturated heterocycles. The number of carbonyl (C=O) groups is 2. The van der Waals surface area contributed by atoms with Gasteiger partial charge in [0.1, 0.15) is 17.6 Å². The van der Waals surface area contributed by atoms with E-state index in [0.29, 0.717) is 65.0 Å². The van der Waals surface area contributed by atoms with Crippen molar-refractivity contribution >= 4 is 45.5 Å². The Morgan fingerprint density at radius 1 is 0.981 bits per heavy atom. The number of aromatic hydroxyl groups is 1. The lowest BCUT2D eigenvalue weighted by molar-refractivity contribution is -0.169. The van der Waals surface area contributed by atoms with E-state index in [1.54, 1.807) is 36.4 Å². The molecule has 0 spiro atoms. The summed E-state index contributed by atoms with van der Waals surface area (Å²) in [6.45, 7) is 1.76. The smallest absolute Gasteiger partial charge is 0.349 e. The number of aliphatic hydroxyl groups excluding tert-OH is 1. The molecule has 0 bridgehead atoms. The first kappa shape index (κ1) is 38.2. The maximum absolute atomic E-state index is 13.3. The highest BCUT2D eigenvalue weighted by atomic mass is 32.1. The van der Waals surface area contributed by atoms with Crippen LogP contribution in [-0.2, 0) is 26.5 Å². The van der Waals surface area contributed by atoms with Crippen LogP contribution in [0.4, 0.5) is 0 Å². The average Bonchev–Trinajstić information content (AvgIpc) is 3.91. The van der Waals surface area contributed by atoms with E-state index in [-0.39, 0.29) is 42.0 Å². The second-order valence-electron chi connectivity index (χ2n) is 13.2. The molecule has 14 heteroatoms. The molecule has 12 nitrogen and oxygen atoms in total. The maximum atomic E-state index is 13.3. The lowest BCUT2D eigenvalue weighted by atomic mass is 9.91. The summed E-state index contributed by atoms with van der Waals surface area (Å²) in [6.07, 6.45) is 1.95. The number of likely N-dealkylation sites (N-methyl/N-ethyl adjacent to an activating group) is 1. The minimum atomic E-state index is -1.80. The summed E-state index contributed by atoms with van der Waals surface area (Å²) in [5, 5.41) is 42.7. The highest BCUT2D eigenvalue weighted by molar-refractivity contribution is 7.12. The van der Waals surface area contributed by atoms with Gasteiger partial charge in [0.25, 0.3) is 5.91 Å². The van der Waals surface area contributed by atoms with Gasteiger partial charge in [0.15, 0.2) is 6.61 Å². The molecule has 1 amide bonds. The quantitative estimate of drug-likeness (QED) is 0.0792. The molecule has 0 aliphatic heterocycles. The Labute approximate surface area is 315 Å². The first-order valence-electron chi connectivity index (χ1n) is 17.6. The summed E-state index contributed by atoms with van der Waals surface area (Å²) in [5.41, 5.74) is -0.295. The van der Waals surface area contributed by atoms with Crippen molar-refractivity contribution in [3.8, 4) is 11.5 Å². The SMILES string of the molecule is CN(CCNC(=O)COc1ccc(CNC[C@H](O)c2ccc(O)c3[nH]c(=O)ccc23)cc1)C1CCC(OC(=O)C(O)(c2cccs2)c2cccs2)CC1. The van der Waals surface area contributed by atoms with Gasteiger partial charge in [0.2, 0.25) is 11.2 Å². The highest BCUT2D eigenvalue weighted by Gasteiger charge is 2.45. The van der Waals surface area contributed by atoms with Crippen LogP contribution in [0.2, 0.25) is 0 Å². The van der Waals surface area contributed by atoms with Gasteiger partial charge in [-0.2, -0.15) is 0 Å². The van der Waals surface area contributed by atoms with Crippen LogP contribution < -0.4 is 20.9 Å². The molecular formula is C39H44N4O8S2. The Hall–Kier alpha value is -4.57. The summed E-state index contributed by atoms with van der Waals surface area (Å²) in [4.78, 5) is 43.4. The number of aromatic nitrogens is 1. The molecule has 3 aromatic heterocycles. The number of ether oxygens (including phenoxy) is 2. The predicted octanol–water partition coefficient (Wildman–Crippen LogP) is 4.40. The van der Waals surface area contributed by atoms with Crippen molar-refractivity contribution in [3.05, 3.63) is 115 Å². The zero-order chi connectivity index (χ0) is 37.4. The van der Waals surface area contributed by atoms with Gasteiger partial charge < -0.3 is 45.3 Å². The number of thiophene rings is 2. The number of pyridine rings is 1. The van der Waals surface area contributed by atoms with Crippen LogP contribution in [0.1, 0.15) is 52.7 Å². The van der Waals surface area contributed by atoms with E-state index in [9.17, 15) is 29.7 Å². The lowest BCUT2D eigenvalue weighted by Crippen LogP contribution is -2.43. The fraction of sp³-hybridized carbons (Fsp3) is 0.359. The number of hydrogen-bond donors (Lipinski definition) is 6. The number of nitrogens with zero attached hydrogens (tertiary/aromatic N) is 1. The second-order valence-corrected chi connectivity index (χ2v) is 15.1. The van der Waals surface area contributed by atoms with Gasteiger partial charge >= 0.3 is 5.97 Å². The number of phenols is 1. The van der Waals surface area contributed by atoms with Crippen LogP contribution in [0.25, 0.3) is 10.9 Å². The highest BCUT2D eigenvalue weighted by Crippen LogP contribution is 2.38. The number of phenolic OH excluding ortho intramolecular Hbond substituents is 1. The molecule has 1 fully saturated rings. The van der Waals surface area contributed by atoms with Crippen molar-refractivity contribution < 1.29 is 34.4 Å². The largest absolute Gasteiger partial charge is 0.506 e. The summed E-state index contributed by atoms with van der Waals surface area (Å²) in [5.74, 6) is -0.346. The molecule has 6 rings (SSSR count). The number of nitrogens with one attached hydrogen (secondary N) is 3. The fourth-order valence-corrected chi connectivity index (χ4v) is 8.32. The van der Waals surface area contributed by atoms with E-state index in [1.165, 1.54) is 34.8 Å². The number of hydrogen-bond acceptors (Lipinski definition) is 12. The van der Waals surface area contributed by atoms with Crippen molar-refractivity contribution in [2.75, 3.05) is 33.3 Å². The van der Waals surface area contributed by atoms with Gasteiger partial charge in [-0.1, -0.05) is 30.3 Å². The first-order chi connectivity index (χ1) is 25.6. The van der Waals surface area contributed by atoms with E-state index in [2.05, 4.69) is 20.5 Å². The second kappa shape index (κ2) is 17.5. The third kappa shape index (κ3) is 9.33. The number of fused-ring (bicyclic) bond motifs is 1. The number of carbonyl (C=O) groups excluding carboxylic acids is 2. The molecule has 2 aromatic carbocycles. The Morgan fingerprint density at radius 3 is 2.34 bits per heavy atom. The Kier molecular flexibility index (Phi) is 12.6. The third-order valence-electron chi connectivity index (χ3n) is 9.60. The molecule has 1 saturated carbocycles. The number of rotatable bonds is 16. The van der Waals surface area contributed by atoms with Gasteiger partial charge in [-0.25, -0.2) is 4.79 Å². The van der Waals surface area contributed by atoms with E-state index in [1.807, 2.05) is 42.1 Å². The molecule has 53 heavy (non-hydrogen) atoms. The number of amides is 1. The minimum absolute atomic E-state index is 0.0572. The Balaban J connectivity index is 0.865. The topological polar surface area (TPSA) is 173 Å². The normalized spacial score (nSPS) is 16.8. The maximum Gasteiger partial charge on any atom is 0.349 e. The minimum Gasteiger partial charge on any atom is -0.506 e. The van der Waals surface area contributed by atoms with Crippen LogP contribution in [0.3, 0.4) is 0 Å². The monoisotopic (exact) mass is 760 g/mol. The molecule has 280 valence electrons. The number of benzene rings is 2. The average molecular weight is 761 g/mol. The van der Waals surface area contributed by atoms with Crippen molar-refractivity contribution in [2.45, 2.75) is 56.1 Å². The standard InChI is InChI=1S/C39H44N4O8S2/c1-43(26-8-12-28(13-9-26)51-38(48)39(49,33-4-2-20-52-33)34-5-3-21-53-34)19-18-41-36(47)24-50-27-10-6-25(7-11-27)22-40-23-32(45)29-14-16-31(44)37-30(29)15-17-35(46)42-37/h2-7,10-11,14-17,20-21,26,28,32,40,44-45,49H,8-9,12-13,18-19,22-24H2,1H3,(H,41,47)(H,42,46)/t26?,28?,32-/m0/s1. The zero-order valence-corrected chi connectivity index (χ0v) is 31.0. The molecule has 0 radical (unpaired) electrons. The van der Waals surface area contributed by atoms with Crippen LogP contribution in [0, 0.1) is 0 Å². The van der Waals surface area contributed by atoms with Crippen molar-refractivity contribution in [3.63, 3.8) is 0 Å². The first-order valence-corrected chi connectivity index (χ1v) is 19.3. The summed E-state index contributed by atoms with van der Waals surface area (Å²) < 4.78 is 11.6. The van der Waals surface area contributed by atoms with Gasteiger partial charge in [-0.3, -0.25) is 9.59 Å². The fourth-order valence-electron chi connectivity index (χ4n) is 6.60. The van der Waals surface area contributed by atoms with Crippen molar-refractivity contribution in [1.82, 2.24) is 20.5 Å². The van der Waals surface area contributed by atoms with Gasteiger partial charge in [0.05, 0.1) is 21.4 Å². The number of aliphatic hydroxyl groups is 2. The van der Waals surface area contributed by atoms with Crippen LogP contribution in [0.15, 0.2) is 88.4 Å². The molecule has 1 atom stereocenters. The molecule has 5 aromatic rings. The van der Waals surface area contributed by atoms with Crippen LogP contribution in [-0.4, -0.2) is 82.5 Å². The molecule has 3 heterocycles. The molecule has 0 unspecified atom stereocenters.